The van der Waals surface area contributed by atoms with Crippen molar-refractivity contribution in [3.8, 4) is 0 Å². The quantitative estimate of drug-likeness (QED) is 0.918. The minimum absolute atomic E-state index is 0.214. The lowest BCUT2D eigenvalue weighted by Crippen LogP contribution is -2.24. The van der Waals surface area contributed by atoms with Crippen LogP contribution >= 0.6 is 0 Å². The lowest BCUT2D eigenvalue weighted by Gasteiger charge is -2.20. The molecule has 0 aliphatic carbocycles. The van der Waals surface area contributed by atoms with Gasteiger partial charge in [0.15, 0.2) is 0 Å². The average Bonchev–Trinajstić information content (AvgIpc) is 2.46. The standard InChI is InChI=1S/C18H24N4O/c1-6-22(7-2)17-11-16(19-14(5)20-17)18(23)21-15-9-12(3)8-13(4)10-15/h8-11H,6-7H2,1-5H3,(H,21,23). The number of rotatable bonds is 5. The molecular weight excluding hydrogens is 288 g/mol. The number of benzene rings is 1. The number of aromatic nitrogens is 2. The second kappa shape index (κ2) is 7.22. The van der Waals surface area contributed by atoms with E-state index in [0.29, 0.717) is 11.5 Å². The third kappa shape index (κ3) is 4.28. The van der Waals surface area contributed by atoms with Gasteiger partial charge < -0.3 is 10.2 Å². The van der Waals surface area contributed by atoms with Gasteiger partial charge in [0.25, 0.3) is 5.91 Å². The van der Waals surface area contributed by atoms with Crippen LogP contribution in [0.1, 0.15) is 41.3 Å². The van der Waals surface area contributed by atoms with Gasteiger partial charge in [0.1, 0.15) is 17.3 Å². The molecular formula is C18H24N4O. The molecule has 1 N–H and O–H groups in total. The van der Waals surface area contributed by atoms with Crippen LogP contribution in [0.4, 0.5) is 11.5 Å². The highest BCUT2D eigenvalue weighted by atomic mass is 16.1. The van der Waals surface area contributed by atoms with Gasteiger partial charge in [-0.3, -0.25) is 4.79 Å². The summed E-state index contributed by atoms with van der Waals surface area (Å²) in [5.41, 5.74) is 3.40. The van der Waals surface area contributed by atoms with E-state index in [1.165, 1.54) is 0 Å². The fourth-order valence-corrected chi connectivity index (χ4v) is 2.62. The van der Waals surface area contributed by atoms with Gasteiger partial charge in [0, 0.05) is 24.8 Å². The number of carbonyl (C=O) groups is 1. The maximum absolute atomic E-state index is 12.5. The first-order valence-electron chi connectivity index (χ1n) is 7.93. The Labute approximate surface area is 137 Å². The summed E-state index contributed by atoms with van der Waals surface area (Å²) in [5, 5.41) is 2.92. The number of amides is 1. The van der Waals surface area contributed by atoms with E-state index in [2.05, 4.69) is 40.1 Å². The van der Waals surface area contributed by atoms with Crippen molar-refractivity contribution in [2.45, 2.75) is 34.6 Å². The van der Waals surface area contributed by atoms with Crippen LogP contribution < -0.4 is 10.2 Å². The summed E-state index contributed by atoms with van der Waals surface area (Å²) >= 11 is 0. The van der Waals surface area contributed by atoms with Gasteiger partial charge in [-0.1, -0.05) is 6.07 Å². The Hall–Kier alpha value is -2.43. The van der Waals surface area contributed by atoms with Crippen LogP contribution in [0.2, 0.25) is 0 Å². The smallest absolute Gasteiger partial charge is 0.274 e. The summed E-state index contributed by atoms with van der Waals surface area (Å²) in [6, 6.07) is 7.72. The zero-order valence-electron chi connectivity index (χ0n) is 14.5. The number of hydrogen-bond acceptors (Lipinski definition) is 4. The van der Waals surface area contributed by atoms with E-state index in [4.69, 9.17) is 0 Å². The number of nitrogens with one attached hydrogen (secondary N) is 1. The number of nitrogens with zero attached hydrogens (tertiary/aromatic N) is 3. The summed E-state index contributed by atoms with van der Waals surface area (Å²) < 4.78 is 0. The molecule has 5 nitrogen and oxygen atoms in total. The van der Waals surface area contributed by atoms with Gasteiger partial charge in [-0.25, -0.2) is 9.97 Å². The molecule has 1 heterocycles. The van der Waals surface area contributed by atoms with Crippen LogP contribution in [0.3, 0.4) is 0 Å². The van der Waals surface area contributed by atoms with Crippen molar-refractivity contribution < 1.29 is 4.79 Å². The van der Waals surface area contributed by atoms with Crippen molar-refractivity contribution in [2.24, 2.45) is 0 Å². The minimum atomic E-state index is -0.214. The highest BCUT2D eigenvalue weighted by molar-refractivity contribution is 6.03. The summed E-state index contributed by atoms with van der Waals surface area (Å²) in [5.74, 6) is 1.17. The predicted octanol–water partition coefficient (Wildman–Crippen LogP) is 3.50. The average molecular weight is 312 g/mol. The first-order chi connectivity index (χ1) is 10.9. The van der Waals surface area contributed by atoms with E-state index >= 15 is 0 Å². The van der Waals surface area contributed by atoms with E-state index in [9.17, 15) is 4.79 Å². The van der Waals surface area contributed by atoms with E-state index in [1.807, 2.05) is 26.0 Å². The number of carbonyl (C=O) groups excluding carboxylic acids is 1. The van der Waals surface area contributed by atoms with E-state index in [1.54, 1.807) is 13.0 Å². The van der Waals surface area contributed by atoms with Crippen LogP contribution in [-0.4, -0.2) is 29.0 Å². The Kier molecular flexibility index (Phi) is 5.32. The first-order valence-corrected chi connectivity index (χ1v) is 7.93. The Bertz CT molecular complexity index is 688. The molecule has 0 aliphatic rings. The highest BCUT2D eigenvalue weighted by Gasteiger charge is 2.13. The van der Waals surface area contributed by atoms with Crippen molar-refractivity contribution in [3.63, 3.8) is 0 Å². The molecule has 1 aromatic carbocycles. The lowest BCUT2D eigenvalue weighted by atomic mass is 10.1. The molecule has 0 aliphatic heterocycles. The molecule has 0 bridgehead atoms. The Balaban J connectivity index is 2.28. The third-order valence-electron chi connectivity index (χ3n) is 3.62. The molecule has 0 atom stereocenters. The SMILES string of the molecule is CCN(CC)c1cc(C(=O)Nc2cc(C)cc(C)c2)nc(C)n1. The molecule has 23 heavy (non-hydrogen) atoms. The normalized spacial score (nSPS) is 10.5. The Morgan fingerprint density at radius 3 is 2.17 bits per heavy atom. The molecule has 2 rings (SSSR count). The highest BCUT2D eigenvalue weighted by Crippen LogP contribution is 2.17. The van der Waals surface area contributed by atoms with Crippen molar-refractivity contribution >= 4 is 17.4 Å². The molecule has 122 valence electrons. The predicted molar refractivity (Wildman–Crippen MR) is 94.2 cm³/mol. The summed E-state index contributed by atoms with van der Waals surface area (Å²) in [4.78, 5) is 23.3. The van der Waals surface area contributed by atoms with Crippen molar-refractivity contribution in [3.05, 3.63) is 46.9 Å². The zero-order valence-corrected chi connectivity index (χ0v) is 14.5. The van der Waals surface area contributed by atoms with Crippen LogP contribution in [0.25, 0.3) is 0 Å². The summed E-state index contributed by atoms with van der Waals surface area (Å²) in [6.45, 7) is 11.6. The van der Waals surface area contributed by atoms with E-state index in [-0.39, 0.29) is 5.91 Å². The van der Waals surface area contributed by atoms with Crippen molar-refractivity contribution in [2.75, 3.05) is 23.3 Å². The van der Waals surface area contributed by atoms with Crippen molar-refractivity contribution in [1.82, 2.24) is 9.97 Å². The Morgan fingerprint density at radius 2 is 1.61 bits per heavy atom. The molecule has 2 aromatic rings. The van der Waals surface area contributed by atoms with Gasteiger partial charge in [-0.15, -0.1) is 0 Å². The molecule has 0 unspecified atom stereocenters. The zero-order chi connectivity index (χ0) is 17.0. The lowest BCUT2D eigenvalue weighted by molar-refractivity contribution is 0.102. The Morgan fingerprint density at radius 1 is 1.00 bits per heavy atom. The molecule has 0 saturated carbocycles. The molecule has 1 aromatic heterocycles. The summed E-state index contributed by atoms with van der Waals surface area (Å²) in [7, 11) is 0. The van der Waals surface area contributed by atoms with Gasteiger partial charge in [-0.05, 0) is 57.9 Å². The molecule has 0 fully saturated rings. The topological polar surface area (TPSA) is 58.1 Å². The fraction of sp³-hybridized carbons (Fsp3) is 0.389. The van der Waals surface area contributed by atoms with Crippen LogP contribution in [0.15, 0.2) is 24.3 Å². The van der Waals surface area contributed by atoms with Gasteiger partial charge in [-0.2, -0.15) is 0 Å². The maximum atomic E-state index is 12.5. The molecule has 0 radical (unpaired) electrons. The largest absolute Gasteiger partial charge is 0.357 e. The van der Waals surface area contributed by atoms with Gasteiger partial charge in [0.2, 0.25) is 0 Å². The number of anilines is 2. The minimum Gasteiger partial charge on any atom is -0.357 e. The van der Waals surface area contributed by atoms with Crippen LogP contribution in [0.5, 0.6) is 0 Å². The van der Waals surface area contributed by atoms with Gasteiger partial charge >= 0.3 is 0 Å². The number of aryl methyl sites for hydroxylation is 3. The fourth-order valence-electron chi connectivity index (χ4n) is 2.62. The second-order valence-corrected chi connectivity index (χ2v) is 5.66. The molecule has 0 spiro atoms. The first kappa shape index (κ1) is 16.9. The number of hydrogen-bond donors (Lipinski definition) is 1. The summed E-state index contributed by atoms with van der Waals surface area (Å²) in [6.07, 6.45) is 0. The third-order valence-corrected chi connectivity index (χ3v) is 3.62. The van der Waals surface area contributed by atoms with Crippen LogP contribution in [-0.2, 0) is 0 Å². The van der Waals surface area contributed by atoms with Crippen molar-refractivity contribution in [1.29, 1.82) is 0 Å². The molecule has 5 heteroatoms. The molecule has 1 amide bonds. The van der Waals surface area contributed by atoms with E-state index in [0.717, 1.165) is 35.7 Å². The van der Waals surface area contributed by atoms with Crippen LogP contribution in [0, 0.1) is 20.8 Å². The van der Waals surface area contributed by atoms with Gasteiger partial charge in [0.05, 0.1) is 0 Å². The van der Waals surface area contributed by atoms with E-state index < -0.39 is 0 Å². The molecule has 0 saturated heterocycles. The monoisotopic (exact) mass is 312 g/mol. The maximum Gasteiger partial charge on any atom is 0.274 e. The second-order valence-electron chi connectivity index (χ2n) is 5.66.